The van der Waals surface area contributed by atoms with Gasteiger partial charge in [0.2, 0.25) is 0 Å². The van der Waals surface area contributed by atoms with Gasteiger partial charge in [0.15, 0.2) is 0 Å². The van der Waals surface area contributed by atoms with Crippen LogP contribution in [0.4, 0.5) is 0 Å². The zero-order valence-corrected chi connectivity index (χ0v) is 12.3. The Bertz CT molecular complexity index is 453. The van der Waals surface area contributed by atoms with Gasteiger partial charge in [-0.1, -0.05) is 13.3 Å². The molecule has 0 saturated carbocycles. The molecule has 1 aliphatic rings. The Kier molecular flexibility index (Phi) is 4.30. The maximum absolute atomic E-state index is 12.5. The molecule has 2 unspecified atom stereocenters. The Hall–Kier alpha value is -1.29. The Balaban J connectivity index is 2.10. The molecule has 1 aromatic rings. The first-order valence-corrected chi connectivity index (χ1v) is 7.10. The molecule has 1 amide bonds. The molecule has 2 rings (SSSR count). The largest absolute Gasteiger partial charge is 0.466 e. The number of likely N-dealkylation sites (tertiary alicyclic amines) is 1. The molecular formula is C15H24N2O2. The molecule has 4 nitrogen and oxygen atoms in total. The van der Waals surface area contributed by atoms with Crippen LogP contribution in [0, 0.1) is 19.8 Å². The van der Waals surface area contributed by atoms with Gasteiger partial charge in [-0.05, 0) is 39.3 Å². The Morgan fingerprint density at radius 2 is 2.26 bits per heavy atom. The molecule has 1 saturated heterocycles. The quantitative estimate of drug-likeness (QED) is 0.911. The molecule has 2 heterocycles. The number of rotatable bonds is 3. The van der Waals surface area contributed by atoms with E-state index in [-0.39, 0.29) is 5.91 Å². The van der Waals surface area contributed by atoms with Crippen molar-refractivity contribution in [2.75, 3.05) is 20.1 Å². The summed E-state index contributed by atoms with van der Waals surface area (Å²) in [5.41, 5.74) is 0.718. The highest BCUT2D eigenvalue weighted by molar-refractivity contribution is 5.95. The van der Waals surface area contributed by atoms with Crippen LogP contribution in [-0.4, -0.2) is 37.0 Å². The SMILES string of the molecule is CCC1CN(C(=O)c2cc(C)oc2C)CCC1NC. The van der Waals surface area contributed by atoms with Crippen molar-refractivity contribution < 1.29 is 9.21 Å². The smallest absolute Gasteiger partial charge is 0.257 e. The Labute approximate surface area is 115 Å². The lowest BCUT2D eigenvalue weighted by Crippen LogP contribution is -2.50. The van der Waals surface area contributed by atoms with Crippen molar-refractivity contribution in [1.82, 2.24) is 10.2 Å². The van der Waals surface area contributed by atoms with Gasteiger partial charge in [-0.15, -0.1) is 0 Å². The second-order valence-corrected chi connectivity index (χ2v) is 5.43. The molecule has 4 heteroatoms. The van der Waals surface area contributed by atoms with Gasteiger partial charge in [-0.2, -0.15) is 0 Å². The Morgan fingerprint density at radius 3 is 2.79 bits per heavy atom. The van der Waals surface area contributed by atoms with Crippen LogP contribution >= 0.6 is 0 Å². The summed E-state index contributed by atoms with van der Waals surface area (Å²) in [4.78, 5) is 14.5. The summed E-state index contributed by atoms with van der Waals surface area (Å²) < 4.78 is 5.46. The lowest BCUT2D eigenvalue weighted by atomic mass is 9.89. The van der Waals surface area contributed by atoms with Gasteiger partial charge in [0.25, 0.3) is 5.91 Å². The predicted molar refractivity (Wildman–Crippen MR) is 75.3 cm³/mol. The zero-order chi connectivity index (χ0) is 14.0. The topological polar surface area (TPSA) is 45.5 Å². The van der Waals surface area contributed by atoms with Crippen molar-refractivity contribution in [3.63, 3.8) is 0 Å². The Morgan fingerprint density at radius 1 is 1.53 bits per heavy atom. The van der Waals surface area contributed by atoms with Crippen molar-refractivity contribution in [3.05, 3.63) is 23.2 Å². The maximum Gasteiger partial charge on any atom is 0.257 e. The predicted octanol–water partition coefficient (Wildman–Crippen LogP) is 2.36. The number of furan rings is 1. The normalized spacial score (nSPS) is 23.7. The van der Waals surface area contributed by atoms with E-state index in [0.717, 1.165) is 43.0 Å². The molecular weight excluding hydrogens is 240 g/mol. The number of piperidine rings is 1. The van der Waals surface area contributed by atoms with Crippen LogP contribution < -0.4 is 5.32 Å². The van der Waals surface area contributed by atoms with Crippen LogP contribution in [0.1, 0.15) is 41.6 Å². The average Bonchev–Trinajstić information content (AvgIpc) is 2.76. The lowest BCUT2D eigenvalue weighted by Gasteiger charge is -2.38. The molecule has 2 atom stereocenters. The summed E-state index contributed by atoms with van der Waals surface area (Å²) >= 11 is 0. The summed E-state index contributed by atoms with van der Waals surface area (Å²) in [5, 5.41) is 3.36. The van der Waals surface area contributed by atoms with Crippen LogP contribution in [0.2, 0.25) is 0 Å². The number of carbonyl (C=O) groups excluding carboxylic acids is 1. The van der Waals surface area contributed by atoms with Gasteiger partial charge in [0, 0.05) is 19.1 Å². The molecule has 0 aromatic carbocycles. The van der Waals surface area contributed by atoms with E-state index in [1.165, 1.54) is 0 Å². The van der Waals surface area contributed by atoms with Gasteiger partial charge in [0.05, 0.1) is 5.56 Å². The molecule has 0 spiro atoms. The first-order chi connectivity index (χ1) is 9.06. The highest BCUT2D eigenvalue weighted by Crippen LogP contribution is 2.23. The van der Waals surface area contributed by atoms with Crippen molar-refractivity contribution in [3.8, 4) is 0 Å². The van der Waals surface area contributed by atoms with E-state index in [9.17, 15) is 4.79 Å². The van der Waals surface area contributed by atoms with E-state index >= 15 is 0 Å². The summed E-state index contributed by atoms with van der Waals surface area (Å²) in [6.07, 6.45) is 2.12. The third-order valence-electron chi connectivity index (χ3n) is 4.19. The van der Waals surface area contributed by atoms with Gasteiger partial charge in [0.1, 0.15) is 11.5 Å². The number of amides is 1. The molecule has 1 N–H and O–H groups in total. The summed E-state index contributed by atoms with van der Waals surface area (Å²) in [7, 11) is 2.01. The molecule has 1 aromatic heterocycles. The summed E-state index contributed by atoms with van der Waals surface area (Å²) in [6, 6.07) is 2.38. The number of aryl methyl sites for hydroxylation is 2. The standard InChI is InChI=1S/C15H24N2O2/c1-5-12-9-17(7-6-14(12)16-4)15(18)13-8-10(2)19-11(13)3/h8,12,14,16H,5-7,9H2,1-4H3. The van der Waals surface area contributed by atoms with Crippen molar-refractivity contribution in [1.29, 1.82) is 0 Å². The van der Waals surface area contributed by atoms with Gasteiger partial charge in [-0.25, -0.2) is 0 Å². The highest BCUT2D eigenvalue weighted by Gasteiger charge is 2.30. The van der Waals surface area contributed by atoms with E-state index in [0.29, 0.717) is 12.0 Å². The number of hydrogen-bond donors (Lipinski definition) is 1. The van der Waals surface area contributed by atoms with E-state index in [2.05, 4.69) is 12.2 Å². The van der Waals surface area contributed by atoms with Crippen molar-refractivity contribution >= 4 is 5.91 Å². The molecule has 0 radical (unpaired) electrons. The minimum atomic E-state index is 0.113. The van der Waals surface area contributed by atoms with Gasteiger partial charge < -0.3 is 14.6 Å². The van der Waals surface area contributed by atoms with E-state index in [1.807, 2.05) is 31.9 Å². The fourth-order valence-electron chi connectivity index (χ4n) is 3.02. The first-order valence-electron chi connectivity index (χ1n) is 7.10. The molecule has 0 bridgehead atoms. The van der Waals surface area contributed by atoms with Crippen molar-refractivity contribution in [2.24, 2.45) is 5.92 Å². The summed E-state index contributed by atoms with van der Waals surface area (Å²) in [5.74, 6) is 2.18. The van der Waals surface area contributed by atoms with Crippen LogP contribution in [0.15, 0.2) is 10.5 Å². The zero-order valence-electron chi connectivity index (χ0n) is 12.3. The third kappa shape index (κ3) is 2.84. The van der Waals surface area contributed by atoms with Gasteiger partial charge >= 0.3 is 0 Å². The van der Waals surface area contributed by atoms with Crippen molar-refractivity contribution in [2.45, 2.75) is 39.7 Å². The van der Waals surface area contributed by atoms with Crippen LogP contribution in [0.5, 0.6) is 0 Å². The highest BCUT2D eigenvalue weighted by atomic mass is 16.3. The molecule has 106 valence electrons. The molecule has 0 aliphatic carbocycles. The molecule has 19 heavy (non-hydrogen) atoms. The number of nitrogens with one attached hydrogen (secondary N) is 1. The minimum Gasteiger partial charge on any atom is -0.466 e. The van der Waals surface area contributed by atoms with E-state index in [4.69, 9.17) is 4.42 Å². The summed E-state index contributed by atoms with van der Waals surface area (Å²) in [6.45, 7) is 7.59. The van der Waals surface area contributed by atoms with Crippen LogP contribution in [0.3, 0.4) is 0 Å². The number of hydrogen-bond acceptors (Lipinski definition) is 3. The second kappa shape index (κ2) is 5.78. The maximum atomic E-state index is 12.5. The van der Waals surface area contributed by atoms with E-state index < -0.39 is 0 Å². The van der Waals surface area contributed by atoms with Crippen LogP contribution in [-0.2, 0) is 0 Å². The molecule has 1 fully saturated rings. The second-order valence-electron chi connectivity index (χ2n) is 5.43. The fourth-order valence-corrected chi connectivity index (χ4v) is 3.02. The van der Waals surface area contributed by atoms with Crippen LogP contribution in [0.25, 0.3) is 0 Å². The fraction of sp³-hybridized carbons (Fsp3) is 0.667. The molecule has 1 aliphatic heterocycles. The van der Waals surface area contributed by atoms with Gasteiger partial charge in [-0.3, -0.25) is 4.79 Å². The minimum absolute atomic E-state index is 0.113. The van der Waals surface area contributed by atoms with E-state index in [1.54, 1.807) is 0 Å². The third-order valence-corrected chi connectivity index (χ3v) is 4.19. The number of carbonyl (C=O) groups is 1. The number of nitrogens with zero attached hydrogens (tertiary/aromatic N) is 1. The lowest BCUT2D eigenvalue weighted by molar-refractivity contribution is 0.0630. The average molecular weight is 264 g/mol. The monoisotopic (exact) mass is 264 g/mol. The first kappa shape index (κ1) is 14.1.